The van der Waals surface area contributed by atoms with Gasteiger partial charge >= 0.3 is 5.97 Å². The summed E-state index contributed by atoms with van der Waals surface area (Å²) in [6.45, 7) is 5.12. The van der Waals surface area contributed by atoms with Crippen LogP contribution < -0.4 is 5.32 Å². The summed E-state index contributed by atoms with van der Waals surface area (Å²) >= 11 is 0. The first kappa shape index (κ1) is 24.6. The van der Waals surface area contributed by atoms with Crippen LogP contribution in [0.3, 0.4) is 0 Å². The maximum absolute atomic E-state index is 12.9. The van der Waals surface area contributed by atoms with E-state index in [9.17, 15) is 9.59 Å². The number of ether oxygens (including phenoxy) is 1. The number of aliphatic hydroxyl groups excluding tert-OH is 1. The summed E-state index contributed by atoms with van der Waals surface area (Å²) < 4.78 is 6.96. The molecule has 0 atom stereocenters. The highest BCUT2D eigenvalue weighted by atomic mass is 16.5. The summed E-state index contributed by atoms with van der Waals surface area (Å²) in [4.78, 5) is 29.3. The van der Waals surface area contributed by atoms with Gasteiger partial charge in [-0.2, -0.15) is 0 Å². The normalized spacial score (nSPS) is 10.8. The van der Waals surface area contributed by atoms with E-state index in [0.29, 0.717) is 24.7 Å². The monoisotopic (exact) mass is 429 g/mol. The number of unbranched alkanes of at least 4 members (excludes halogenated alkanes) is 4. The van der Waals surface area contributed by atoms with Crippen LogP contribution in [0.25, 0.3) is 0 Å². The predicted molar refractivity (Wildman–Crippen MR) is 121 cm³/mol. The van der Waals surface area contributed by atoms with Crippen molar-refractivity contribution in [1.29, 1.82) is 0 Å². The number of imidazole rings is 1. The van der Waals surface area contributed by atoms with E-state index in [1.165, 1.54) is 0 Å². The average molecular weight is 430 g/mol. The average Bonchev–Trinajstić information content (AvgIpc) is 3.15. The van der Waals surface area contributed by atoms with Crippen LogP contribution in [-0.4, -0.2) is 39.7 Å². The molecule has 1 aromatic heterocycles. The number of esters is 1. The third kappa shape index (κ3) is 8.17. The molecule has 0 saturated carbocycles. The standard InChI is InChI=1S/C24H35N3O4/c1-3-5-6-10-15-27-18-21(25-22(27)17-23(29)31-4-2)24(30)26-20-14-8-7-12-19(20)13-9-11-16-28/h7-8,12,14,18,28H,3-6,9-11,13,15-17H2,1-2H3,(H,26,30). The van der Waals surface area contributed by atoms with E-state index in [-0.39, 0.29) is 24.9 Å². The number of carbonyl (C=O) groups is 2. The highest BCUT2D eigenvalue weighted by molar-refractivity contribution is 6.03. The van der Waals surface area contributed by atoms with Crippen molar-refractivity contribution in [2.24, 2.45) is 0 Å². The molecule has 0 aliphatic carbocycles. The Morgan fingerprint density at radius 2 is 1.90 bits per heavy atom. The second kappa shape index (κ2) is 13.6. The molecule has 2 rings (SSSR count). The third-order valence-electron chi connectivity index (χ3n) is 5.07. The molecule has 0 bridgehead atoms. The van der Waals surface area contributed by atoms with Crippen LogP contribution in [0.5, 0.6) is 0 Å². The van der Waals surface area contributed by atoms with Gasteiger partial charge in [-0.1, -0.05) is 44.4 Å². The predicted octanol–water partition coefficient (Wildman–Crippen LogP) is 4.14. The lowest BCUT2D eigenvalue weighted by Gasteiger charge is -2.10. The van der Waals surface area contributed by atoms with Crippen LogP contribution in [0.2, 0.25) is 0 Å². The number of amides is 1. The number of rotatable bonds is 14. The Kier molecular flexibility index (Phi) is 10.8. The summed E-state index contributed by atoms with van der Waals surface area (Å²) in [5, 5.41) is 12.0. The molecule has 170 valence electrons. The van der Waals surface area contributed by atoms with Gasteiger partial charge in [0.2, 0.25) is 0 Å². The minimum absolute atomic E-state index is 0.0483. The molecule has 0 radical (unpaired) electrons. The molecule has 1 heterocycles. The zero-order valence-electron chi connectivity index (χ0n) is 18.7. The summed E-state index contributed by atoms with van der Waals surface area (Å²) in [5.74, 6) is -0.0903. The first-order valence-corrected chi connectivity index (χ1v) is 11.3. The van der Waals surface area contributed by atoms with Crippen LogP contribution in [0.1, 0.15) is 74.2 Å². The lowest BCUT2D eigenvalue weighted by Crippen LogP contribution is -2.14. The van der Waals surface area contributed by atoms with E-state index in [1.807, 2.05) is 28.8 Å². The molecular weight excluding hydrogens is 394 g/mol. The summed E-state index contributed by atoms with van der Waals surface area (Å²) in [6.07, 6.45) is 8.48. The van der Waals surface area contributed by atoms with Gasteiger partial charge in [-0.05, 0) is 44.2 Å². The molecule has 7 nitrogen and oxygen atoms in total. The second-order valence-electron chi connectivity index (χ2n) is 7.57. The molecule has 0 aliphatic heterocycles. The quantitative estimate of drug-likeness (QED) is 0.348. The Morgan fingerprint density at radius 3 is 2.65 bits per heavy atom. The molecule has 2 N–H and O–H groups in total. The third-order valence-corrected chi connectivity index (χ3v) is 5.07. The van der Waals surface area contributed by atoms with E-state index >= 15 is 0 Å². The van der Waals surface area contributed by atoms with E-state index in [0.717, 1.165) is 56.2 Å². The summed E-state index contributed by atoms with van der Waals surface area (Å²) in [6, 6.07) is 7.66. The van der Waals surface area contributed by atoms with Gasteiger partial charge < -0.3 is 19.7 Å². The number of aromatic nitrogens is 2. The smallest absolute Gasteiger partial charge is 0.313 e. The molecule has 0 aliphatic rings. The van der Waals surface area contributed by atoms with Gasteiger partial charge in [-0.25, -0.2) is 4.98 Å². The molecule has 1 aromatic carbocycles. The molecule has 0 fully saturated rings. The SMILES string of the molecule is CCCCCCn1cc(C(=O)Nc2ccccc2CCCCO)nc1CC(=O)OCC. The fourth-order valence-electron chi connectivity index (χ4n) is 3.42. The minimum Gasteiger partial charge on any atom is -0.466 e. The molecule has 1 amide bonds. The molecular formula is C24H35N3O4. The molecule has 2 aromatic rings. The maximum atomic E-state index is 12.9. The van der Waals surface area contributed by atoms with E-state index < -0.39 is 0 Å². The number of hydrogen-bond donors (Lipinski definition) is 2. The van der Waals surface area contributed by atoms with Crippen molar-refractivity contribution < 1.29 is 19.4 Å². The number of anilines is 1. The van der Waals surface area contributed by atoms with E-state index in [2.05, 4.69) is 17.2 Å². The Labute approximate surface area is 184 Å². The number of aliphatic hydroxyl groups is 1. The molecule has 31 heavy (non-hydrogen) atoms. The van der Waals surface area contributed by atoms with Gasteiger partial charge in [0.25, 0.3) is 5.91 Å². The number of aryl methyl sites for hydroxylation is 2. The van der Waals surface area contributed by atoms with Crippen molar-refractivity contribution in [3.05, 3.63) is 47.5 Å². The number of nitrogens with zero attached hydrogens (tertiary/aromatic N) is 2. The number of benzene rings is 1. The molecule has 0 unspecified atom stereocenters. The number of nitrogens with one attached hydrogen (secondary N) is 1. The van der Waals surface area contributed by atoms with Crippen molar-refractivity contribution in [3.8, 4) is 0 Å². The molecule has 0 saturated heterocycles. The number of para-hydroxylation sites is 1. The Morgan fingerprint density at radius 1 is 1.10 bits per heavy atom. The first-order chi connectivity index (χ1) is 15.1. The van der Waals surface area contributed by atoms with Crippen LogP contribution in [0.15, 0.2) is 30.5 Å². The van der Waals surface area contributed by atoms with Crippen molar-refractivity contribution in [1.82, 2.24) is 9.55 Å². The van der Waals surface area contributed by atoms with Crippen LogP contribution >= 0.6 is 0 Å². The maximum Gasteiger partial charge on any atom is 0.313 e. The lowest BCUT2D eigenvalue weighted by molar-refractivity contribution is -0.142. The highest BCUT2D eigenvalue weighted by Gasteiger charge is 2.18. The summed E-state index contributed by atoms with van der Waals surface area (Å²) in [7, 11) is 0. The van der Waals surface area contributed by atoms with Crippen molar-refractivity contribution in [3.63, 3.8) is 0 Å². The topological polar surface area (TPSA) is 93.5 Å². The van der Waals surface area contributed by atoms with Crippen molar-refractivity contribution in [2.75, 3.05) is 18.5 Å². The van der Waals surface area contributed by atoms with Crippen LogP contribution in [0, 0.1) is 0 Å². The summed E-state index contributed by atoms with van der Waals surface area (Å²) in [5.41, 5.74) is 2.06. The Bertz CT molecular complexity index is 832. The van der Waals surface area contributed by atoms with E-state index in [1.54, 1.807) is 13.1 Å². The minimum atomic E-state index is -0.343. The van der Waals surface area contributed by atoms with Crippen molar-refractivity contribution in [2.45, 2.75) is 71.8 Å². The van der Waals surface area contributed by atoms with Gasteiger partial charge in [-0.15, -0.1) is 0 Å². The first-order valence-electron chi connectivity index (χ1n) is 11.3. The van der Waals surface area contributed by atoms with Crippen molar-refractivity contribution >= 4 is 17.6 Å². The van der Waals surface area contributed by atoms with Gasteiger partial charge in [0.15, 0.2) is 0 Å². The molecule has 0 spiro atoms. The lowest BCUT2D eigenvalue weighted by atomic mass is 10.1. The Hall–Kier alpha value is -2.67. The number of carbonyl (C=O) groups excluding carboxylic acids is 2. The van der Waals surface area contributed by atoms with Crippen LogP contribution in [-0.2, 0) is 28.9 Å². The molecule has 7 heteroatoms. The fraction of sp³-hybridized carbons (Fsp3) is 0.542. The van der Waals surface area contributed by atoms with E-state index in [4.69, 9.17) is 9.84 Å². The fourth-order valence-corrected chi connectivity index (χ4v) is 3.42. The Balaban J connectivity index is 2.14. The number of hydrogen-bond acceptors (Lipinski definition) is 5. The van der Waals surface area contributed by atoms with Crippen LogP contribution in [0.4, 0.5) is 5.69 Å². The van der Waals surface area contributed by atoms with Gasteiger partial charge in [-0.3, -0.25) is 9.59 Å². The van der Waals surface area contributed by atoms with Gasteiger partial charge in [0, 0.05) is 25.0 Å². The van der Waals surface area contributed by atoms with Gasteiger partial charge in [0.05, 0.1) is 6.61 Å². The zero-order valence-corrected chi connectivity index (χ0v) is 18.7. The van der Waals surface area contributed by atoms with Gasteiger partial charge in [0.1, 0.15) is 17.9 Å². The highest BCUT2D eigenvalue weighted by Crippen LogP contribution is 2.19. The zero-order chi connectivity index (χ0) is 22.5. The largest absolute Gasteiger partial charge is 0.466 e. The second-order valence-corrected chi connectivity index (χ2v) is 7.57.